The molecule has 0 spiro atoms. The minimum atomic E-state index is -2.13. The lowest BCUT2D eigenvalue weighted by Gasteiger charge is -2.31. The highest BCUT2D eigenvalue weighted by Crippen LogP contribution is 2.23. The van der Waals surface area contributed by atoms with Crippen molar-refractivity contribution in [2.75, 3.05) is 61.6 Å². The highest BCUT2D eigenvalue weighted by atomic mass is 32.2. The number of primary amides is 2. The van der Waals surface area contributed by atoms with Crippen LogP contribution >= 0.6 is 35.3 Å². The molecule has 4 aromatic carbocycles. The molecular formula is C95H128N20O25S3. The summed E-state index contributed by atoms with van der Waals surface area (Å²) in [4.78, 5) is 302. The van der Waals surface area contributed by atoms with Crippen LogP contribution in [-0.2, 0) is 126 Å². The van der Waals surface area contributed by atoms with E-state index in [0.29, 0.717) is 34.0 Å². The molecular weight excluding hydrogens is 1920 g/mol. The summed E-state index contributed by atoms with van der Waals surface area (Å²) in [6, 6.07) is 6.58. The fraction of sp³-hybridized carbons (Fsp3) is 0.474. The average Bonchev–Trinajstić information content (AvgIpc) is 0.832. The average molecular weight is 2050 g/mol. The van der Waals surface area contributed by atoms with Gasteiger partial charge in [0.05, 0.1) is 43.5 Å². The molecule has 14 atom stereocenters. The highest BCUT2D eigenvalue weighted by molar-refractivity contribution is 8.00. The zero-order valence-corrected chi connectivity index (χ0v) is 83.5. The van der Waals surface area contributed by atoms with E-state index in [1.165, 1.54) is 90.5 Å². The SMILES string of the molecule is CC(=O)NCSC[C@@H]1NC(=O)[C@H](Cc2cccc(C)c2)NC(=O)[C@H](CC(=O)O)NC(=O)[C@H](Cc2ccncc2)NC(=O)[C@H](Cc2ccc(OCC(=O)O)cc2)NC(=O)CSCC(C(=O)NCC(N)=O)NC(=O)[C@H](CO)NC(=O)[C@H](C(C)C)NC(=O)[C@H](CC(C)C)NC(=O)[C@H](CC(N)=O)NC(=O)[C@@H](CC(C)C)NC(=O)[C@H](C)N(C)C(=O)[C@H](CSCNC(C)=O)NC(=O)[C@H](Cc2ccc(-c3ccccc3)cc2)NC1=O. The minimum Gasteiger partial charge on any atom is -0.482 e. The normalized spacial score (nSPS) is 22.2. The Morgan fingerprint density at radius 3 is 1.38 bits per heavy atom. The Hall–Kier alpha value is -14.3. The van der Waals surface area contributed by atoms with Crippen LogP contribution in [0.1, 0.15) is 116 Å². The molecule has 23 N–H and O–H groups in total. The van der Waals surface area contributed by atoms with Crippen LogP contribution in [0.25, 0.3) is 11.1 Å². The van der Waals surface area contributed by atoms with Crippen LogP contribution < -0.4 is 101 Å². The number of rotatable bonds is 33. The number of hydrogen-bond acceptors (Lipinski definition) is 27. The molecule has 6 rings (SSSR count). The van der Waals surface area contributed by atoms with E-state index in [2.05, 4.69) is 90.1 Å². The number of amides is 19. The lowest BCUT2D eigenvalue weighted by Crippen LogP contribution is -2.62. The maximum absolute atomic E-state index is 15.5. The second-order valence-corrected chi connectivity index (χ2v) is 38.2. The molecule has 0 radical (unpaired) electrons. The molecule has 776 valence electrons. The zero-order chi connectivity index (χ0) is 106. The van der Waals surface area contributed by atoms with Gasteiger partial charge in [-0.2, -0.15) is 0 Å². The standard InChI is InChI=1S/C95H128N20O25S3/c1-50(2)32-64-84(128)108-70(39-76(96)119)89(133)104-65(33-51(3)4)91(135)114-81(52(5)6)94(138)110-72(42-116)92(136)111-73(83(127)99-41-77(97)120)44-141-47-78(121)102-66(35-58-22-26-63(27-23-58)140-43-80(124)125)85(129)105-68(37-59-28-30-98-31-29-59)86(130)109-71(40-79(122)123)90(134)106-69(38-60-17-15-16-53(7)34-60)87(131)112-74(45-142-48-100-55(9)117)93(137)107-67(36-57-20-24-62(25-21-57)61-18-13-12-14-19-61)88(132)113-75(46-143-49-101-56(10)118)95(139)115(11)54(8)82(126)103-64/h12-31,34,50-52,54,64-75,81,116H,32-33,35-49H2,1-11H3,(H2,96,119)(H2,97,120)(H,99,127)(H,100,117)(H,101,118)(H,102,121)(H,103,126)(H,104,133)(H,105,129)(H,106,134)(H,107,137)(H,108,128)(H,109,130)(H,110,138)(H,111,136)(H,112,131)(H,113,132)(H,114,135)(H,122,123)(H,124,125)/t54-,64+,65-,66-,67-,68-,69-,70-,71-,72-,73?,74-,75-,81-/m0/s1. The van der Waals surface area contributed by atoms with Gasteiger partial charge >= 0.3 is 11.9 Å². The summed E-state index contributed by atoms with van der Waals surface area (Å²) >= 11 is 2.51. The summed E-state index contributed by atoms with van der Waals surface area (Å²) < 4.78 is 5.30. The maximum Gasteiger partial charge on any atom is 0.341 e. The number of nitrogens with two attached hydrogens (primary N) is 2. The quantitative estimate of drug-likeness (QED) is 0.0147. The molecule has 48 heteroatoms. The van der Waals surface area contributed by atoms with Gasteiger partial charge in [0.1, 0.15) is 90.3 Å². The third-order valence-corrected chi connectivity index (χ3v) is 24.7. The van der Waals surface area contributed by atoms with Crippen LogP contribution in [0.2, 0.25) is 0 Å². The number of aryl methyl sites for hydroxylation is 1. The molecule has 19 amide bonds. The first-order chi connectivity index (χ1) is 67.7. The Bertz CT molecular complexity index is 5280. The number of benzene rings is 4. The molecule has 143 heavy (non-hydrogen) atoms. The Morgan fingerprint density at radius 1 is 0.462 bits per heavy atom. The fourth-order valence-corrected chi connectivity index (χ4v) is 16.9. The summed E-state index contributed by atoms with van der Waals surface area (Å²) in [6.07, 6.45) is -1.41. The number of aliphatic hydroxyl groups is 1. The van der Waals surface area contributed by atoms with E-state index in [4.69, 9.17) is 16.2 Å². The summed E-state index contributed by atoms with van der Waals surface area (Å²) in [5.41, 5.74) is 14.6. The van der Waals surface area contributed by atoms with Crippen LogP contribution in [0, 0.1) is 24.7 Å². The molecule has 45 nitrogen and oxygen atoms in total. The van der Waals surface area contributed by atoms with Crippen LogP contribution in [-0.4, -0.2) is 296 Å². The van der Waals surface area contributed by atoms with Gasteiger partial charge in [0.25, 0.3) is 0 Å². The van der Waals surface area contributed by atoms with Crippen LogP contribution in [0.15, 0.2) is 128 Å². The molecule has 0 aliphatic carbocycles. The Labute approximate surface area is 838 Å². The van der Waals surface area contributed by atoms with Crippen molar-refractivity contribution in [2.24, 2.45) is 29.2 Å². The first kappa shape index (κ1) is 117. The molecule has 1 aliphatic rings. The van der Waals surface area contributed by atoms with E-state index in [-0.39, 0.29) is 48.1 Å². The van der Waals surface area contributed by atoms with Crippen molar-refractivity contribution in [1.29, 1.82) is 0 Å². The Morgan fingerprint density at radius 2 is 0.888 bits per heavy atom. The summed E-state index contributed by atoms with van der Waals surface area (Å²) in [5.74, 6) is -26.6. The summed E-state index contributed by atoms with van der Waals surface area (Å²) in [7, 11) is 1.20. The van der Waals surface area contributed by atoms with Gasteiger partial charge in [0.15, 0.2) is 6.61 Å². The monoisotopic (exact) mass is 2040 g/mol. The van der Waals surface area contributed by atoms with Gasteiger partial charge in [-0.05, 0) is 102 Å². The molecule has 1 aliphatic heterocycles. The predicted octanol–water partition coefficient (Wildman–Crippen LogP) is -2.97. The second kappa shape index (κ2) is 59.5. The van der Waals surface area contributed by atoms with Gasteiger partial charge in [-0.3, -0.25) is 101 Å². The zero-order valence-electron chi connectivity index (χ0n) is 81.1. The molecule has 1 fully saturated rings. The lowest BCUT2D eigenvalue weighted by molar-refractivity contribution is -0.142. The van der Waals surface area contributed by atoms with Gasteiger partial charge in [0, 0.05) is 76.2 Å². The Balaban J connectivity index is 1.53. The largest absolute Gasteiger partial charge is 0.482 e. The van der Waals surface area contributed by atoms with Crippen molar-refractivity contribution in [2.45, 2.75) is 205 Å². The van der Waals surface area contributed by atoms with Gasteiger partial charge in [0.2, 0.25) is 112 Å². The van der Waals surface area contributed by atoms with Crippen LogP contribution in [0.3, 0.4) is 0 Å². The molecule has 5 aromatic rings. The number of nitrogens with zero attached hydrogens (tertiary/aromatic N) is 2. The minimum absolute atomic E-state index is 0.0607. The van der Waals surface area contributed by atoms with E-state index in [0.717, 1.165) is 39.6 Å². The molecule has 0 saturated carbocycles. The van der Waals surface area contributed by atoms with Crippen molar-refractivity contribution in [3.63, 3.8) is 0 Å². The van der Waals surface area contributed by atoms with Crippen LogP contribution in [0.5, 0.6) is 5.75 Å². The second-order valence-electron chi connectivity index (χ2n) is 35.1. The van der Waals surface area contributed by atoms with Crippen molar-refractivity contribution in [3.05, 3.63) is 155 Å². The number of aliphatic hydroxyl groups excluding tert-OH is 1. The van der Waals surface area contributed by atoms with Crippen molar-refractivity contribution < 1.29 is 121 Å². The number of ether oxygens (including phenoxy) is 1. The number of thioether (sulfide) groups is 3. The van der Waals surface area contributed by atoms with Gasteiger partial charge in [-0.25, -0.2) is 4.79 Å². The molecule has 1 unspecified atom stereocenters. The van der Waals surface area contributed by atoms with E-state index < -0.39 is 296 Å². The topological polar surface area (TPSA) is 689 Å². The maximum atomic E-state index is 15.5. The Kier molecular flexibility index (Phi) is 48.8. The van der Waals surface area contributed by atoms with Gasteiger partial charge in [-0.1, -0.05) is 138 Å². The predicted molar refractivity (Wildman–Crippen MR) is 528 cm³/mol. The van der Waals surface area contributed by atoms with Crippen molar-refractivity contribution in [3.8, 4) is 16.9 Å². The van der Waals surface area contributed by atoms with Gasteiger partial charge < -0.3 is 121 Å². The summed E-state index contributed by atoms with van der Waals surface area (Å²) in [6.45, 7) is 12.4. The van der Waals surface area contributed by atoms with E-state index in [1.54, 1.807) is 83.1 Å². The number of likely N-dealkylation sites (N-methyl/N-ethyl adjacent to an activating group) is 1. The van der Waals surface area contributed by atoms with E-state index in [9.17, 15) is 82.4 Å². The smallest absolute Gasteiger partial charge is 0.341 e. The molecule has 1 aromatic heterocycles. The van der Waals surface area contributed by atoms with Crippen molar-refractivity contribution >= 4 is 159 Å². The number of hydrogen-bond donors (Lipinski definition) is 21. The number of carbonyl (C=O) groups is 21. The van der Waals surface area contributed by atoms with E-state index >= 15 is 33.6 Å². The van der Waals surface area contributed by atoms with Gasteiger partial charge in [-0.15, -0.1) is 35.3 Å². The lowest BCUT2D eigenvalue weighted by atomic mass is 9.99. The van der Waals surface area contributed by atoms with Crippen LogP contribution in [0.4, 0.5) is 0 Å². The number of nitrogens with one attached hydrogen (secondary N) is 16. The highest BCUT2D eigenvalue weighted by Gasteiger charge is 2.41. The number of aromatic nitrogens is 1. The number of carbonyl (C=O) groups excluding carboxylic acids is 19. The number of aliphatic carboxylic acids is 2. The first-order valence-electron chi connectivity index (χ1n) is 45.8. The third-order valence-electron chi connectivity index (χ3n) is 21.8. The fourth-order valence-electron chi connectivity index (χ4n) is 14.3. The molecule has 2 heterocycles. The number of carboxylic acids is 2. The van der Waals surface area contributed by atoms with E-state index in [1.807, 2.05) is 30.3 Å². The first-order valence-corrected chi connectivity index (χ1v) is 49.3. The van der Waals surface area contributed by atoms with Crippen molar-refractivity contribution in [1.82, 2.24) is 95.0 Å². The number of pyridine rings is 1. The summed E-state index contributed by atoms with van der Waals surface area (Å²) in [5, 5.41) is 71.1. The third kappa shape index (κ3) is 41.8. The number of carboxylic acid groups (broad SMARTS) is 2. The molecule has 0 bridgehead atoms. The molecule has 1 saturated heterocycles.